The van der Waals surface area contributed by atoms with Gasteiger partial charge in [-0.2, -0.15) is 0 Å². The van der Waals surface area contributed by atoms with E-state index < -0.39 is 0 Å². The lowest BCUT2D eigenvalue weighted by Crippen LogP contribution is -1.95. The van der Waals surface area contributed by atoms with Crippen LogP contribution in [0.15, 0.2) is 121 Å². The van der Waals surface area contributed by atoms with Crippen LogP contribution in [0, 0.1) is 0 Å². The molecule has 2 heteroatoms. The molecule has 0 spiro atoms. The van der Waals surface area contributed by atoms with Gasteiger partial charge in [0.1, 0.15) is 11.5 Å². The van der Waals surface area contributed by atoms with Gasteiger partial charge in [-0.05, 0) is 68.1 Å². The minimum absolute atomic E-state index is 0.818. The molecule has 0 fully saturated rings. The maximum Gasteiger partial charge on any atom is 0.127 e. The second-order valence-electron chi connectivity index (χ2n) is 9.73. The Labute approximate surface area is 235 Å². The summed E-state index contributed by atoms with van der Waals surface area (Å²) in [5, 5.41) is 4.53. The third kappa shape index (κ3) is 5.12. The van der Waals surface area contributed by atoms with E-state index in [9.17, 15) is 0 Å². The molecule has 0 bridgehead atoms. The van der Waals surface area contributed by atoms with Crippen LogP contribution in [0.3, 0.4) is 0 Å². The van der Waals surface area contributed by atoms with Crippen LogP contribution < -0.4 is 9.47 Å². The van der Waals surface area contributed by atoms with E-state index in [0.29, 0.717) is 0 Å². The molecule has 40 heavy (non-hydrogen) atoms. The normalized spacial score (nSPS) is 11.6. The maximum atomic E-state index is 5.92. The average Bonchev–Trinajstić information content (AvgIpc) is 3.02. The molecule has 0 heterocycles. The number of benzene rings is 6. The highest BCUT2D eigenvalue weighted by Crippen LogP contribution is 2.45. The Morgan fingerprint density at radius 2 is 0.800 bits per heavy atom. The summed E-state index contributed by atoms with van der Waals surface area (Å²) < 4.78 is 11.8. The first-order chi connectivity index (χ1) is 19.7. The molecule has 2 nitrogen and oxygen atoms in total. The van der Waals surface area contributed by atoms with Crippen molar-refractivity contribution in [1.82, 2.24) is 0 Å². The fourth-order valence-corrected chi connectivity index (χ4v) is 5.23. The summed E-state index contributed by atoms with van der Waals surface area (Å²) in [5.41, 5.74) is 6.72. The molecule has 0 radical (unpaired) electrons. The Morgan fingerprint density at radius 3 is 1.20 bits per heavy atom. The molecule has 0 N–H and O–H groups in total. The predicted molar refractivity (Wildman–Crippen MR) is 171 cm³/mol. The van der Waals surface area contributed by atoms with E-state index in [1.165, 1.54) is 11.1 Å². The van der Waals surface area contributed by atoms with Crippen LogP contribution in [0.5, 0.6) is 11.5 Å². The fourth-order valence-electron chi connectivity index (χ4n) is 5.23. The molecule has 0 aromatic heterocycles. The number of ether oxygens (including phenoxy) is 2. The Bertz CT molecular complexity index is 1710. The van der Waals surface area contributed by atoms with Crippen molar-refractivity contribution in [2.45, 2.75) is 0 Å². The highest BCUT2D eigenvalue weighted by atomic mass is 16.5. The minimum Gasteiger partial charge on any atom is -0.496 e. The number of hydrogen-bond donors (Lipinski definition) is 0. The second-order valence-corrected chi connectivity index (χ2v) is 9.73. The molecule has 6 aromatic rings. The first kappa shape index (κ1) is 25.2. The highest BCUT2D eigenvalue weighted by molar-refractivity contribution is 6.10. The lowest BCUT2D eigenvalue weighted by Gasteiger charge is -2.18. The van der Waals surface area contributed by atoms with Crippen LogP contribution in [-0.4, -0.2) is 14.2 Å². The fraction of sp³-hybridized carbons (Fsp3) is 0.0526. The van der Waals surface area contributed by atoms with Crippen molar-refractivity contribution in [1.29, 1.82) is 0 Å². The molecule has 0 atom stereocenters. The SMILES string of the molecule is COc1ccc2cc(/C=C/c3ccccc3)ccc2c1-c1c(OC)ccc2cc(/C=C/c3ccccc3)ccc12. The van der Waals surface area contributed by atoms with Gasteiger partial charge >= 0.3 is 0 Å². The van der Waals surface area contributed by atoms with Crippen LogP contribution in [0.4, 0.5) is 0 Å². The number of hydrogen-bond acceptors (Lipinski definition) is 2. The summed E-state index contributed by atoms with van der Waals surface area (Å²) in [4.78, 5) is 0. The van der Waals surface area contributed by atoms with Crippen molar-refractivity contribution >= 4 is 45.8 Å². The van der Waals surface area contributed by atoms with Crippen LogP contribution in [0.2, 0.25) is 0 Å². The van der Waals surface area contributed by atoms with Crippen molar-refractivity contribution in [2.24, 2.45) is 0 Å². The first-order valence-electron chi connectivity index (χ1n) is 13.4. The summed E-state index contributed by atoms with van der Waals surface area (Å²) in [6.07, 6.45) is 8.59. The van der Waals surface area contributed by atoms with Crippen molar-refractivity contribution in [3.8, 4) is 22.6 Å². The number of fused-ring (bicyclic) bond motifs is 2. The van der Waals surface area contributed by atoms with Crippen molar-refractivity contribution in [3.63, 3.8) is 0 Å². The monoisotopic (exact) mass is 518 g/mol. The molecule has 194 valence electrons. The third-order valence-corrected chi connectivity index (χ3v) is 7.24. The van der Waals surface area contributed by atoms with Gasteiger partial charge in [0.25, 0.3) is 0 Å². The van der Waals surface area contributed by atoms with Gasteiger partial charge in [0.2, 0.25) is 0 Å². The topological polar surface area (TPSA) is 18.5 Å². The van der Waals surface area contributed by atoms with Crippen LogP contribution in [0.1, 0.15) is 22.3 Å². The summed E-state index contributed by atoms with van der Waals surface area (Å²) in [5.74, 6) is 1.64. The van der Waals surface area contributed by atoms with E-state index in [-0.39, 0.29) is 0 Å². The van der Waals surface area contributed by atoms with Crippen LogP contribution in [-0.2, 0) is 0 Å². The van der Waals surface area contributed by atoms with Crippen molar-refractivity contribution < 1.29 is 9.47 Å². The van der Waals surface area contributed by atoms with Gasteiger partial charge in [0.05, 0.1) is 14.2 Å². The molecule has 0 aliphatic heterocycles. The summed E-state index contributed by atoms with van der Waals surface area (Å²) in [7, 11) is 3.46. The Balaban J connectivity index is 1.47. The van der Waals surface area contributed by atoms with E-state index in [1.54, 1.807) is 14.2 Å². The van der Waals surface area contributed by atoms with Crippen molar-refractivity contribution in [2.75, 3.05) is 14.2 Å². The van der Waals surface area contributed by atoms with E-state index >= 15 is 0 Å². The summed E-state index contributed by atoms with van der Waals surface area (Å²) in [6.45, 7) is 0. The average molecular weight is 519 g/mol. The van der Waals surface area contributed by atoms with Crippen LogP contribution in [0.25, 0.3) is 57.0 Å². The molecule has 6 aromatic carbocycles. The zero-order valence-corrected chi connectivity index (χ0v) is 22.7. The molecular formula is C38H30O2. The lowest BCUT2D eigenvalue weighted by molar-refractivity contribution is 0.411. The van der Waals surface area contributed by atoms with E-state index in [1.807, 2.05) is 12.1 Å². The Kier molecular flexibility index (Phi) is 7.15. The molecule has 6 rings (SSSR count). The van der Waals surface area contributed by atoms with Gasteiger partial charge < -0.3 is 9.47 Å². The molecule has 0 saturated heterocycles. The molecule has 0 aliphatic rings. The predicted octanol–water partition coefficient (Wildman–Crippen LogP) is 10.0. The molecule has 0 aliphatic carbocycles. The van der Waals surface area contributed by atoms with Gasteiger partial charge in [-0.15, -0.1) is 0 Å². The summed E-state index contributed by atoms with van der Waals surface area (Å²) >= 11 is 0. The van der Waals surface area contributed by atoms with Crippen LogP contribution >= 0.6 is 0 Å². The zero-order chi connectivity index (χ0) is 27.3. The smallest absolute Gasteiger partial charge is 0.127 e. The zero-order valence-electron chi connectivity index (χ0n) is 22.7. The van der Waals surface area contributed by atoms with Crippen molar-refractivity contribution in [3.05, 3.63) is 144 Å². The second kappa shape index (κ2) is 11.3. The van der Waals surface area contributed by atoms with E-state index in [2.05, 4.69) is 133 Å². The van der Waals surface area contributed by atoms with Gasteiger partial charge in [-0.1, -0.05) is 121 Å². The van der Waals surface area contributed by atoms with Gasteiger partial charge in [0, 0.05) is 11.1 Å². The molecule has 0 unspecified atom stereocenters. The van der Waals surface area contributed by atoms with Gasteiger partial charge in [-0.25, -0.2) is 0 Å². The largest absolute Gasteiger partial charge is 0.496 e. The van der Waals surface area contributed by atoms with E-state index in [0.717, 1.165) is 55.3 Å². The third-order valence-electron chi connectivity index (χ3n) is 7.24. The standard InChI is InChI=1S/C38H30O2/c1-39-35-23-19-31-25-29(15-13-27-9-5-3-6-10-27)17-21-33(31)37(35)38-34-22-18-30(16-14-28-11-7-4-8-12-28)26-32(34)20-24-36(38)40-2/h3-26H,1-2H3/b15-13+,16-14+. The molecule has 0 saturated carbocycles. The maximum absolute atomic E-state index is 5.92. The van der Waals surface area contributed by atoms with Gasteiger partial charge in [0.15, 0.2) is 0 Å². The molecule has 0 amide bonds. The lowest BCUT2D eigenvalue weighted by atomic mass is 9.91. The number of rotatable bonds is 7. The Morgan fingerprint density at radius 1 is 0.400 bits per heavy atom. The minimum atomic E-state index is 0.818. The van der Waals surface area contributed by atoms with Gasteiger partial charge in [-0.3, -0.25) is 0 Å². The molecular weight excluding hydrogens is 488 g/mol. The number of methoxy groups -OCH3 is 2. The first-order valence-corrected chi connectivity index (χ1v) is 13.4. The quantitative estimate of drug-likeness (QED) is 0.196. The highest BCUT2D eigenvalue weighted by Gasteiger charge is 2.18. The summed E-state index contributed by atoms with van der Waals surface area (Å²) in [6, 6.07) is 42.2. The van der Waals surface area contributed by atoms with E-state index in [4.69, 9.17) is 9.47 Å². The Hall–Kier alpha value is -5.08.